The smallest absolute Gasteiger partial charge is 0.0572 e. The Morgan fingerprint density at radius 1 is 1.33 bits per heavy atom. The van der Waals surface area contributed by atoms with Gasteiger partial charge in [-0.3, -0.25) is 0 Å². The molecule has 0 aromatic heterocycles. The molecular weight excluding hydrogens is 196 g/mol. The summed E-state index contributed by atoms with van der Waals surface area (Å²) < 4.78 is 0. The molecule has 0 bridgehead atoms. The number of hydrogen-bond donors (Lipinski definition) is 1. The van der Waals surface area contributed by atoms with Gasteiger partial charge in [0.05, 0.1) is 5.33 Å². The van der Waals surface area contributed by atoms with Crippen LogP contribution >= 0.6 is 28.6 Å². The van der Waals surface area contributed by atoms with Gasteiger partial charge in [0.15, 0.2) is 0 Å². The first kappa shape index (κ1) is 7.16. The van der Waals surface area contributed by atoms with E-state index in [9.17, 15) is 0 Å². The molecule has 0 heterocycles. The summed E-state index contributed by atoms with van der Waals surface area (Å²) in [6, 6.07) is 7.89. The minimum absolute atomic E-state index is 0.995. The number of hydrogen-bond acceptors (Lipinski definition) is 1. The minimum atomic E-state index is 0.995. The van der Waals surface area contributed by atoms with E-state index in [1.165, 1.54) is 0 Å². The van der Waals surface area contributed by atoms with Gasteiger partial charge in [-0.2, -0.15) is 0 Å². The van der Waals surface area contributed by atoms with Crippen LogP contribution in [0.2, 0.25) is 0 Å². The molecule has 0 aliphatic rings. The van der Waals surface area contributed by atoms with Crippen molar-refractivity contribution in [2.45, 2.75) is 4.90 Å². The summed E-state index contributed by atoms with van der Waals surface area (Å²) in [5.74, 6) is 0. The normalized spacial score (nSPS) is 9.56. The third-order valence-electron chi connectivity index (χ3n) is 1.05. The molecule has 0 saturated carbocycles. The zero-order chi connectivity index (χ0) is 6.69. The molecule has 1 aromatic carbocycles. The number of rotatable bonds is 1. The molecule has 2 heteroatoms. The third-order valence-corrected chi connectivity index (χ3v) is 1.95. The van der Waals surface area contributed by atoms with E-state index in [0.717, 1.165) is 10.5 Å². The highest BCUT2D eigenvalue weighted by molar-refractivity contribution is 9.10. The molecule has 0 nitrogen and oxygen atoms in total. The van der Waals surface area contributed by atoms with Crippen molar-refractivity contribution >= 4 is 28.6 Å². The van der Waals surface area contributed by atoms with Gasteiger partial charge in [0.2, 0.25) is 0 Å². The molecule has 0 aliphatic carbocycles. The van der Waals surface area contributed by atoms with Crippen molar-refractivity contribution < 1.29 is 0 Å². The van der Waals surface area contributed by atoms with E-state index in [2.05, 4.69) is 28.6 Å². The zero-order valence-electron chi connectivity index (χ0n) is 4.71. The molecule has 0 fully saturated rings. The summed E-state index contributed by atoms with van der Waals surface area (Å²) in [5, 5.41) is 1.86. The molecule has 0 atom stereocenters. The van der Waals surface area contributed by atoms with Crippen molar-refractivity contribution in [1.29, 1.82) is 0 Å². The average molecular weight is 202 g/mol. The van der Waals surface area contributed by atoms with E-state index >= 15 is 0 Å². The van der Waals surface area contributed by atoms with Crippen LogP contribution in [0, 0.1) is 5.33 Å². The first-order valence-corrected chi connectivity index (χ1v) is 3.92. The van der Waals surface area contributed by atoms with Crippen LogP contribution in [0.15, 0.2) is 29.2 Å². The minimum Gasteiger partial charge on any atom is -0.143 e. The Morgan fingerprint density at radius 2 is 2.00 bits per heavy atom. The molecule has 1 aromatic rings. The van der Waals surface area contributed by atoms with E-state index in [1.54, 1.807) is 0 Å². The molecule has 1 rings (SSSR count). The van der Waals surface area contributed by atoms with Crippen LogP contribution in [0.1, 0.15) is 5.56 Å². The fourth-order valence-corrected chi connectivity index (χ4v) is 1.38. The fraction of sp³-hybridized carbons (Fsp3) is 0. The van der Waals surface area contributed by atoms with Gasteiger partial charge in [0.1, 0.15) is 0 Å². The maximum Gasteiger partial charge on any atom is 0.0572 e. The van der Waals surface area contributed by atoms with Gasteiger partial charge < -0.3 is 0 Å². The lowest BCUT2D eigenvalue weighted by Crippen LogP contribution is -1.74. The summed E-state index contributed by atoms with van der Waals surface area (Å²) in [5.41, 5.74) is 1.11. The first-order valence-electron chi connectivity index (χ1n) is 2.56. The lowest BCUT2D eigenvalue weighted by molar-refractivity contribution is 1.39. The first-order chi connectivity index (χ1) is 4.34. The molecule has 9 heavy (non-hydrogen) atoms. The summed E-state index contributed by atoms with van der Waals surface area (Å²) in [4.78, 5) is 0.995. The fourth-order valence-electron chi connectivity index (χ4n) is 0.580. The summed E-state index contributed by atoms with van der Waals surface area (Å²) in [7, 11) is 0. The summed E-state index contributed by atoms with van der Waals surface area (Å²) >= 11 is 7.45. The Bertz CT molecular complexity index is 198. The Kier molecular flexibility index (Phi) is 2.61. The van der Waals surface area contributed by atoms with Crippen molar-refractivity contribution in [2.24, 2.45) is 0 Å². The second kappa shape index (κ2) is 3.28. The van der Waals surface area contributed by atoms with E-state index < -0.39 is 0 Å². The van der Waals surface area contributed by atoms with Crippen LogP contribution in [0.3, 0.4) is 0 Å². The van der Waals surface area contributed by atoms with Crippen LogP contribution in [0.4, 0.5) is 0 Å². The Hall–Kier alpha value is 0.0500. The summed E-state index contributed by atoms with van der Waals surface area (Å²) in [6.07, 6.45) is 0. The van der Waals surface area contributed by atoms with Crippen molar-refractivity contribution in [2.75, 3.05) is 0 Å². The zero-order valence-corrected chi connectivity index (χ0v) is 7.19. The number of benzene rings is 1. The molecule has 0 aliphatic heterocycles. The SMILES string of the molecule is Sc1ccccc1[CH]Br. The van der Waals surface area contributed by atoms with Crippen LogP contribution in [0.5, 0.6) is 0 Å². The van der Waals surface area contributed by atoms with Crippen LogP contribution < -0.4 is 0 Å². The topological polar surface area (TPSA) is 0 Å². The van der Waals surface area contributed by atoms with Gasteiger partial charge in [-0.15, -0.1) is 12.6 Å². The van der Waals surface area contributed by atoms with E-state index in [4.69, 9.17) is 0 Å². The lowest BCUT2D eigenvalue weighted by Gasteiger charge is -1.96. The molecule has 47 valence electrons. The lowest BCUT2D eigenvalue weighted by atomic mass is 10.2. The van der Waals surface area contributed by atoms with Gasteiger partial charge >= 0.3 is 0 Å². The second-order valence-electron chi connectivity index (χ2n) is 1.67. The number of thiol groups is 1. The van der Waals surface area contributed by atoms with Gasteiger partial charge in [-0.1, -0.05) is 34.1 Å². The highest BCUT2D eigenvalue weighted by atomic mass is 79.9. The molecule has 0 N–H and O–H groups in total. The maximum atomic E-state index is 4.22. The van der Waals surface area contributed by atoms with E-state index in [0.29, 0.717) is 0 Å². The van der Waals surface area contributed by atoms with Crippen LogP contribution in [-0.4, -0.2) is 0 Å². The monoisotopic (exact) mass is 201 g/mol. The molecule has 0 saturated heterocycles. The molecule has 0 unspecified atom stereocenters. The van der Waals surface area contributed by atoms with Crippen molar-refractivity contribution in [3.8, 4) is 0 Å². The molecule has 0 spiro atoms. The molecule has 1 radical (unpaired) electrons. The van der Waals surface area contributed by atoms with Gasteiger partial charge in [-0.25, -0.2) is 0 Å². The van der Waals surface area contributed by atoms with Gasteiger partial charge in [-0.05, 0) is 11.6 Å². The highest BCUT2D eigenvalue weighted by Gasteiger charge is 1.92. The van der Waals surface area contributed by atoms with E-state index in [-0.39, 0.29) is 0 Å². The Labute approximate surface area is 68.8 Å². The van der Waals surface area contributed by atoms with Gasteiger partial charge in [0.25, 0.3) is 0 Å². The maximum absolute atomic E-state index is 4.22. The predicted octanol–water partition coefficient (Wildman–Crippen LogP) is 2.88. The summed E-state index contributed by atoms with van der Waals surface area (Å²) in [6.45, 7) is 0. The Balaban J connectivity index is 3.01. The van der Waals surface area contributed by atoms with Crippen LogP contribution in [0.25, 0.3) is 0 Å². The van der Waals surface area contributed by atoms with Crippen LogP contribution in [-0.2, 0) is 0 Å². The van der Waals surface area contributed by atoms with E-state index in [1.807, 2.05) is 29.6 Å². The molecule has 0 amide bonds. The van der Waals surface area contributed by atoms with Crippen molar-refractivity contribution in [3.05, 3.63) is 35.2 Å². The van der Waals surface area contributed by atoms with Gasteiger partial charge in [0, 0.05) is 4.90 Å². The largest absolute Gasteiger partial charge is 0.143 e. The standard InChI is InChI=1S/C7H6BrS/c8-5-6-3-1-2-4-7(6)9/h1-5,9H. The predicted molar refractivity (Wildman–Crippen MR) is 46.0 cm³/mol. The number of halogens is 1. The van der Waals surface area contributed by atoms with Crippen molar-refractivity contribution in [3.63, 3.8) is 0 Å². The average Bonchev–Trinajstić information content (AvgIpc) is 1.89. The second-order valence-corrected chi connectivity index (χ2v) is 2.61. The third kappa shape index (κ3) is 1.73. The highest BCUT2D eigenvalue weighted by Crippen LogP contribution is 2.16. The van der Waals surface area contributed by atoms with Crippen molar-refractivity contribution in [1.82, 2.24) is 0 Å². The Morgan fingerprint density at radius 3 is 2.44 bits per heavy atom. The quantitative estimate of drug-likeness (QED) is 0.665. The molecular formula is C7H6BrS.